The molecule has 6 heteroatoms. The molecule has 0 saturated heterocycles. The Kier molecular flexibility index (Phi) is 7.05. The summed E-state index contributed by atoms with van der Waals surface area (Å²) in [5.74, 6) is 0.621. The van der Waals surface area contributed by atoms with E-state index in [4.69, 9.17) is 0 Å². The average molecular weight is 438 g/mol. The SMILES string of the molecule is C=CCN=C(/C=C(\C)Nc1ncc(-c2ccccc2)cn1)C(=O)NC1CC1c1ccccc1. The average Bonchev–Trinajstić information content (AvgIpc) is 3.62. The van der Waals surface area contributed by atoms with E-state index in [1.165, 1.54) is 5.56 Å². The highest BCUT2D eigenvalue weighted by atomic mass is 16.2. The first-order valence-electron chi connectivity index (χ1n) is 11.0. The van der Waals surface area contributed by atoms with Gasteiger partial charge in [-0.15, -0.1) is 6.58 Å². The van der Waals surface area contributed by atoms with Gasteiger partial charge in [-0.25, -0.2) is 9.97 Å². The summed E-state index contributed by atoms with van der Waals surface area (Å²) in [6.07, 6.45) is 7.86. The van der Waals surface area contributed by atoms with Crippen molar-refractivity contribution < 1.29 is 4.79 Å². The number of carbonyl (C=O) groups is 1. The van der Waals surface area contributed by atoms with Crippen LogP contribution in [0, 0.1) is 0 Å². The van der Waals surface area contributed by atoms with Gasteiger partial charge in [0.15, 0.2) is 0 Å². The van der Waals surface area contributed by atoms with E-state index in [2.05, 4.69) is 44.3 Å². The number of rotatable bonds is 9. The number of amides is 1. The molecule has 1 saturated carbocycles. The highest BCUT2D eigenvalue weighted by Gasteiger charge is 2.39. The molecule has 166 valence electrons. The maximum absolute atomic E-state index is 12.9. The topological polar surface area (TPSA) is 79.3 Å². The number of nitrogens with zero attached hydrogens (tertiary/aromatic N) is 3. The van der Waals surface area contributed by atoms with Crippen LogP contribution in [-0.4, -0.2) is 34.2 Å². The first-order chi connectivity index (χ1) is 16.1. The van der Waals surface area contributed by atoms with E-state index in [1.54, 1.807) is 24.5 Å². The number of nitrogens with one attached hydrogen (secondary N) is 2. The quantitative estimate of drug-likeness (QED) is 0.374. The van der Waals surface area contributed by atoms with Crippen molar-refractivity contribution in [3.05, 3.63) is 103 Å². The first-order valence-corrected chi connectivity index (χ1v) is 11.0. The minimum Gasteiger partial charge on any atom is -0.347 e. The first kappa shape index (κ1) is 22.1. The van der Waals surface area contributed by atoms with Crippen molar-refractivity contribution in [2.75, 3.05) is 11.9 Å². The number of anilines is 1. The van der Waals surface area contributed by atoms with Crippen molar-refractivity contribution in [3.8, 4) is 11.1 Å². The largest absolute Gasteiger partial charge is 0.347 e. The van der Waals surface area contributed by atoms with E-state index >= 15 is 0 Å². The summed E-state index contributed by atoms with van der Waals surface area (Å²) < 4.78 is 0. The maximum atomic E-state index is 12.9. The maximum Gasteiger partial charge on any atom is 0.269 e. The summed E-state index contributed by atoms with van der Waals surface area (Å²) in [6, 6.07) is 20.3. The van der Waals surface area contributed by atoms with Crippen LogP contribution in [-0.2, 0) is 4.79 Å². The third-order valence-corrected chi connectivity index (χ3v) is 5.38. The minimum absolute atomic E-state index is 0.129. The Hall–Kier alpha value is -4.06. The fourth-order valence-corrected chi connectivity index (χ4v) is 3.60. The van der Waals surface area contributed by atoms with Gasteiger partial charge in [0.2, 0.25) is 5.95 Å². The van der Waals surface area contributed by atoms with Gasteiger partial charge in [0.05, 0.1) is 6.54 Å². The molecule has 0 aliphatic heterocycles. The van der Waals surface area contributed by atoms with E-state index in [0.29, 0.717) is 24.1 Å². The Morgan fingerprint density at radius 1 is 1.06 bits per heavy atom. The van der Waals surface area contributed by atoms with Crippen LogP contribution in [0.4, 0.5) is 5.95 Å². The molecule has 0 spiro atoms. The van der Waals surface area contributed by atoms with Gasteiger partial charge in [0.1, 0.15) is 5.71 Å². The molecule has 4 rings (SSSR count). The van der Waals surface area contributed by atoms with Gasteiger partial charge in [-0.1, -0.05) is 66.7 Å². The predicted octanol–water partition coefficient (Wildman–Crippen LogP) is 4.76. The van der Waals surface area contributed by atoms with Crippen LogP contribution < -0.4 is 10.6 Å². The molecule has 2 N–H and O–H groups in total. The normalized spacial score (nSPS) is 17.8. The summed E-state index contributed by atoms with van der Waals surface area (Å²) in [6.45, 7) is 5.92. The van der Waals surface area contributed by atoms with Crippen molar-refractivity contribution in [2.24, 2.45) is 4.99 Å². The Morgan fingerprint density at radius 3 is 2.39 bits per heavy atom. The van der Waals surface area contributed by atoms with Crippen LogP contribution in [0.3, 0.4) is 0 Å². The Bertz CT molecular complexity index is 1150. The van der Waals surface area contributed by atoms with E-state index < -0.39 is 0 Å². The molecule has 3 aromatic rings. The predicted molar refractivity (Wildman–Crippen MR) is 133 cm³/mol. The summed E-state index contributed by atoms with van der Waals surface area (Å²) in [5.41, 5.74) is 4.31. The van der Waals surface area contributed by atoms with Crippen molar-refractivity contribution >= 4 is 17.6 Å². The molecule has 1 aromatic heterocycles. The molecule has 0 bridgehead atoms. The molecule has 33 heavy (non-hydrogen) atoms. The van der Waals surface area contributed by atoms with E-state index in [9.17, 15) is 4.79 Å². The summed E-state index contributed by atoms with van der Waals surface area (Å²) in [5, 5.41) is 6.24. The lowest BCUT2D eigenvalue weighted by Gasteiger charge is -2.09. The number of aliphatic imine (C=N–C) groups is 1. The zero-order chi connectivity index (χ0) is 23.0. The molecule has 2 aromatic carbocycles. The molecule has 2 atom stereocenters. The number of carbonyl (C=O) groups excluding carboxylic acids is 1. The van der Waals surface area contributed by atoms with Gasteiger partial charge in [-0.3, -0.25) is 9.79 Å². The highest BCUT2D eigenvalue weighted by Crippen LogP contribution is 2.40. The number of aromatic nitrogens is 2. The summed E-state index contributed by atoms with van der Waals surface area (Å²) in [7, 11) is 0. The van der Waals surface area contributed by atoms with Crippen LogP contribution in [0.5, 0.6) is 0 Å². The molecule has 1 aliphatic rings. The molecule has 1 aliphatic carbocycles. The van der Waals surface area contributed by atoms with E-state index in [0.717, 1.165) is 23.2 Å². The van der Waals surface area contributed by atoms with Crippen LogP contribution in [0.1, 0.15) is 24.8 Å². The Balaban J connectivity index is 1.40. The summed E-state index contributed by atoms with van der Waals surface area (Å²) in [4.78, 5) is 26.1. The number of benzene rings is 2. The third-order valence-electron chi connectivity index (χ3n) is 5.38. The van der Waals surface area contributed by atoms with Gasteiger partial charge >= 0.3 is 0 Å². The summed E-state index contributed by atoms with van der Waals surface area (Å²) >= 11 is 0. The van der Waals surface area contributed by atoms with Gasteiger partial charge in [-0.2, -0.15) is 0 Å². The van der Waals surface area contributed by atoms with Crippen LogP contribution in [0.2, 0.25) is 0 Å². The van der Waals surface area contributed by atoms with Gasteiger partial charge in [0.25, 0.3) is 5.91 Å². The number of allylic oxidation sites excluding steroid dienone is 1. The van der Waals surface area contributed by atoms with Crippen molar-refractivity contribution in [1.82, 2.24) is 15.3 Å². The molecular formula is C27H27N5O. The highest BCUT2D eigenvalue weighted by molar-refractivity contribution is 6.43. The zero-order valence-corrected chi connectivity index (χ0v) is 18.6. The molecule has 1 heterocycles. The fraction of sp³-hybridized carbons (Fsp3) is 0.185. The van der Waals surface area contributed by atoms with E-state index in [1.807, 2.05) is 55.5 Å². The smallest absolute Gasteiger partial charge is 0.269 e. The van der Waals surface area contributed by atoms with Gasteiger partial charge in [-0.05, 0) is 30.5 Å². The van der Waals surface area contributed by atoms with Crippen LogP contribution in [0.25, 0.3) is 11.1 Å². The Morgan fingerprint density at radius 2 is 1.73 bits per heavy atom. The second-order valence-electron chi connectivity index (χ2n) is 7.96. The molecule has 2 unspecified atom stereocenters. The third kappa shape index (κ3) is 6.01. The lowest BCUT2D eigenvalue weighted by molar-refractivity contribution is -0.114. The number of hydrogen-bond acceptors (Lipinski definition) is 5. The van der Waals surface area contributed by atoms with Crippen molar-refractivity contribution in [3.63, 3.8) is 0 Å². The monoisotopic (exact) mass is 437 g/mol. The van der Waals surface area contributed by atoms with Crippen molar-refractivity contribution in [2.45, 2.75) is 25.3 Å². The van der Waals surface area contributed by atoms with Crippen molar-refractivity contribution in [1.29, 1.82) is 0 Å². The number of hydrogen-bond donors (Lipinski definition) is 2. The second-order valence-corrected chi connectivity index (χ2v) is 7.96. The molecule has 1 fully saturated rings. The fourth-order valence-electron chi connectivity index (χ4n) is 3.60. The second kappa shape index (κ2) is 10.5. The lowest BCUT2D eigenvalue weighted by Crippen LogP contribution is -2.33. The standard InChI is InChI=1S/C27H27N5O/c1-3-14-28-25(26(33)32-24-16-23(24)21-12-8-5-9-13-21)15-19(2)31-27-29-17-22(18-30-27)20-10-6-4-7-11-20/h3-13,15,17-18,23-24H,1,14,16H2,2H3,(H,32,33)(H,29,30,31)/b19-15+,28-25?. The zero-order valence-electron chi connectivity index (χ0n) is 18.6. The minimum atomic E-state index is -0.193. The van der Waals surface area contributed by atoms with Crippen LogP contribution in [0.15, 0.2) is 102 Å². The van der Waals surface area contributed by atoms with Gasteiger partial charge in [0, 0.05) is 35.6 Å². The molecule has 1 amide bonds. The van der Waals surface area contributed by atoms with E-state index in [-0.39, 0.29) is 11.9 Å². The Labute approximate surface area is 194 Å². The van der Waals surface area contributed by atoms with Gasteiger partial charge < -0.3 is 10.6 Å². The lowest BCUT2D eigenvalue weighted by atomic mass is 10.1. The molecular weight excluding hydrogens is 410 g/mol. The van der Waals surface area contributed by atoms with Crippen LogP contribution >= 0.6 is 0 Å². The molecule has 6 nitrogen and oxygen atoms in total. The molecule has 0 radical (unpaired) electrons.